The summed E-state index contributed by atoms with van der Waals surface area (Å²) < 4.78 is 19.1. The minimum Gasteiger partial charge on any atom is -0.371 e. The van der Waals surface area contributed by atoms with E-state index in [1.807, 2.05) is 11.9 Å². The van der Waals surface area contributed by atoms with Gasteiger partial charge in [-0.1, -0.05) is 0 Å². The van der Waals surface area contributed by atoms with E-state index in [2.05, 4.69) is 0 Å². The van der Waals surface area contributed by atoms with Crippen LogP contribution in [-0.2, 0) is 9.53 Å². The van der Waals surface area contributed by atoms with E-state index in [-0.39, 0.29) is 17.8 Å². The lowest BCUT2D eigenvalue weighted by molar-refractivity contribution is -0.129. The van der Waals surface area contributed by atoms with Gasteiger partial charge in [-0.2, -0.15) is 0 Å². The number of carbonyl (C=O) groups excluding carboxylic acids is 1. The molecule has 0 aliphatic carbocycles. The summed E-state index contributed by atoms with van der Waals surface area (Å²) in [5.41, 5.74) is 7.07. The molecule has 1 fully saturated rings. The summed E-state index contributed by atoms with van der Waals surface area (Å²) in [5, 5.41) is 0. The van der Waals surface area contributed by atoms with Crippen molar-refractivity contribution in [3.05, 3.63) is 24.0 Å². The van der Waals surface area contributed by atoms with Crippen LogP contribution in [0.3, 0.4) is 0 Å². The number of ether oxygens (including phenoxy) is 1. The van der Waals surface area contributed by atoms with E-state index in [9.17, 15) is 9.18 Å². The molecule has 6 heteroatoms. The average molecular weight is 293 g/mol. The van der Waals surface area contributed by atoms with Gasteiger partial charge in [0.15, 0.2) is 0 Å². The molecule has 0 radical (unpaired) electrons. The number of benzene rings is 1. The van der Waals surface area contributed by atoms with Crippen molar-refractivity contribution in [2.45, 2.75) is 25.0 Å². The molecule has 2 aliphatic rings. The number of fused-ring (bicyclic) bond motifs is 1. The smallest absolute Gasteiger partial charge is 0.256 e. The largest absolute Gasteiger partial charge is 0.371 e. The topological polar surface area (TPSA) is 58.8 Å². The molecule has 21 heavy (non-hydrogen) atoms. The van der Waals surface area contributed by atoms with Crippen molar-refractivity contribution in [1.82, 2.24) is 0 Å². The summed E-state index contributed by atoms with van der Waals surface area (Å²) in [7, 11) is 1.90. The molecule has 3 rings (SSSR count). The molecule has 2 aliphatic heterocycles. The molecule has 0 spiro atoms. The van der Waals surface area contributed by atoms with E-state index >= 15 is 0 Å². The van der Waals surface area contributed by atoms with Crippen molar-refractivity contribution < 1.29 is 13.9 Å². The Bertz CT molecular complexity index is 552. The van der Waals surface area contributed by atoms with Crippen LogP contribution in [0.2, 0.25) is 0 Å². The summed E-state index contributed by atoms with van der Waals surface area (Å²) in [6, 6.07) is 4.51. The normalized spacial score (nSPS) is 25.1. The molecular formula is C15H20FN3O2. The van der Waals surface area contributed by atoms with E-state index in [0.717, 1.165) is 17.8 Å². The molecule has 0 saturated carbocycles. The highest BCUT2D eigenvalue weighted by Crippen LogP contribution is 2.34. The minimum absolute atomic E-state index is 0.0286. The molecule has 1 aromatic rings. The summed E-state index contributed by atoms with van der Waals surface area (Å²) in [5.74, 6) is -0.345. The maximum atomic E-state index is 13.4. The maximum absolute atomic E-state index is 13.4. The SMILES string of the molecule is CN1CCN(C(=O)[C@@H]2CC[C@H](CN)O2)c2ccc(F)cc21. The number of rotatable bonds is 2. The highest BCUT2D eigenvalue weighted by atomic mass is 19.1. The Balaban J connectivity index is 1.84. The highest BCUT2D eigenvalue weighted by Gasteiger charge is 2.35. The predicted octanol–water partition coefficient (Wildman–Crippen LogP) is 1.11. The molecule has 0 aromatic heterocycles. The third-order valence-electron chi connectivity index (χ3n) is 4.21. The van der Waals surface area contributed by atoms with E-state index in [4.69, 9.17) is 10.5 Å². The maximum Gasteiger partial charge on any atom is 0.256 e. The predicted molar refractivity (Wildman–Crippen MR) is 79.0 cm³/mol. The Labute approximate surface area is 123 Å². The summed E-state index contributed by atoms with van der Waals surface area (Å²) >= 11 is 0. The standard InChI is InChI=1S/C15H20FN3O2/c1-18-6-7-19(12-4-2-10(16)8-13(12)18)15(20)14-5-3-11(9-17)21-14/h2,4,8,11,14H,3,5-7,9,17H2,1H3/t11-,14+/m1/s1. The number of likely N-dealkylation sites (N-methyl/N-ethyl adjacent to an activating group) is 1. The molecule has 0 unspecified atom stereocenters. The van der Waals surface area contributed by atoms with Gasteiger partial charge < -0.3 is 20.3 Å². The van der Waals surface area contributed by atoms with E-state index in [1.165, 1.54) is 12.1 Å². The van der Waals surface area contributed by atoms with Crippen LogP contribution in [0.25, 0.3) is 0 Å². The molecule has 2 N–H and O–H groups in total. The first kappa shape index (κ1) is 14.3. The van der Waals surface area contributed by atoms with Crippen molar-refractivity contribution >= 4 is 17.3 Å². The Morgan fingerprint density at radius 2 is 2.19 bits per heavy atom. The first-order valence-electron chi connectivity index (χ1n) is 7.27. The van der Waals surface area contributed by atoms with Crippen LogP contribution in [0.15, 0.2) is 18.2 Å². The van der Waals surface area contributed by atoms with Gasteiger partial charge in [-0.15, -0.1) is 0 Å². The molecule has 2 heterocycles. The fraction of sp³-hybridized carbons (Fsp3) is 0.533. The van der Waals surface area contributed by atoms with E-state index in [1.54, 1.807) is 11.0 Å². The fourth-order valence-electron chi connectivity index (χ4n) is 2.98. The minimum atomic E-state index is -0.431. The van der Waals surface area contributed by atoms with Gasteiger partial charge in [-0.25, -0.2) is 4.39 Å². The number of nitrogens with zero attached hydrogens (tertiary/aromatic N) is 2. The quantitative estimate of drug-likeness (QED) is 0.887. The number of hydrogen-bond acceptors (Lipinski definition) is 4. The van der Waals surface area contributed by atoms with Crippen LogP contribution >= 0.6 is 0 Å². The van der Waals surface area contributed by atoms with Crippen LogP contribution in [-0.4, -0.2) is 44.8 Å². The Hall–Kier alpha value is -1.66. The fourth-order valence-corrected chi connectivity index (χ4v) is 2.98. The van der Waals surface area contributed by atoms with Gasteiger partial charge in [0, 0.05) is 26.7 Å². The lowest BCUT2D eigenvalue weighted by Gasteiger charge is -2.36. The average Bonchev–Trinajstić information content (AvgIpc) is 2.96. The lowest BCUT2D eigenvalue weighted by Crippen LogP contribution is -2.47. The van der Waals surface area contributed by atoms with Gasteiger partial charge in [0.05, 0.1) is 17.5 Å². The molecule has 114 valence electrons. The van der Waals surface area contributed by atoms with Crippen LogP contribution < -0.4 is 15.5 Å². The summed E-state index contributed by atoms with van der Waals surface area (Å²) in [4.78, 5) is 16.3. The molecular weight excluding hydrogens is 273 g/mol. The molecule has 1 amide bonds. The molecule has 0 bridgehead atoms. The molecule has 2 atom stereocenters. The van der Waals surface area contributed by atoms with Crippen molar-refractivity contribution in [3.8, 4) is 0 Å². The number of halogens is 1. The Morgan fingerprint density at radius 3 is 2.90 bits per heavy atom. The van der Waals surface area contributed by atoms with Gasteiger partial charge in [0.2, 0.25) is 0 Å². The third-order valence-corrected chi connectivity index (χ3v) is 4.21. The number of carbonyl (C=O) groups is 1. The van der Waals surface area contributed by atoms with E-state index in [0.29, 0.717) is 26.1 Å². The van der Waals surface area contributed by atoms with Gasteiger partial charge in [-0.05, 0) is 31.0 Å². The third kappa shape index (κ3) is 2.61. The zero-order valence-electron chi connectivity index (χ0n) is 12.1. The number of anilines is 2. The van der Waals surface area contributed by atoms with Crippen molar-refractivity contribution in [1.29, 1.82) is 0 Å². The number of nitrogens with two attached hydrogens (primary N) is 1. The second kappa shape index (κ2) is 5.61. The van der Waals surface area contributed by atoms with Crippen LogP contribution in [0.4, 0.5) is 15.8 Å². The van der Waals surface area contributed by atoms with Crippen LogP contribution in [0, 0.1) is 5.82 Å². The van der Waals surface area contributed by atoms with Gasteiger partial charge in [0.1, 0.15) is 11.9 Å². The summed E-state index contributed by atoms with van der Waals surface area (Å²) in [6.07, 6.45) is 1.06. The van der Waals surface area contributed by atoms with E-state index < -0.39 is 6.10 Å². The van der Waals surface area contributed by atoms with Gasteiger partial charge >= 0.3 is 0 Å². The first-order chi connectivity index (χ1) is 10.1. The summed E-state index contributed by atoms with van der Waals surface area (Å²) in [6.45, 7) is 1.70. The van der Waals surface area contributed by atoms with Gasteiger partial charge in [-0.3, -0.25) is 4.79 Å². The first-order valence-corrected chi connectivity index (χ1v) is 7.27. The molecule has 1 aromatic carbocycles. The molecule has 1 saturated heterocycles. The zero-order chi connectivity index (χ0) is 15.0. The lowest BCUT2D eigenvalue weighted by atomic mass is 10.1. The highest BCUT2D eigenvalue weighted by molar-refractivity contribution is 6.00. The van der Waals surface area contributed by atoms with Crippen LogP contribution in [0.1, 0.15) is 12.8 Å². The van der Waals surface area contributed by atoms with Gasteiger partial charge in [0.25, 0.3) is 5.91 Å². The zero-order valence-corrected chi connectivity index (χ0v) is 12.1. The number of hydrogen-bond donors (Lipinski definition) is 1. The Kier molecular flexibility index (Phi) is 3.82. The Morgan fingerprint density at radius 1 is 1.38 bits per heavy atom. The number of amides is 1. The van der Waals surface area contributed by atoms with Crippen molar-refractivity contribution in [2.75, 3.05) is 36.5 Å². The van der Waals surface area contributed by atoms with Crippen molar-refractivity contribution in [3.63, 3.8) is 0 Å². The molecule has 5 nitrogen and oxygen atoms in total. The monoisotopic (exact) mass is 293 g/mol. The van der Waals surface area contributed by atoms with Crippen molar-refractivity contribution in [2.24, 2.45) is 5.73 Å². The second-order valence-electron chi connectivity index (χ2n) is 5.60. The van der Waals surface area contributed by atoms with Crippen LogP contribution in [0.5, 0.6) is 0 Å². The second-order valence-corrected chi connectivity index (χ2v) is 5.60.